The van der Waals surface area contributed by atoms with Crippen LogP contribution < -0.4 is 0 Å². The van der Waals surface area contributed by atoms with Gasteiger partial charge in [0.1, 0.15) is 12.3 Å². The minimum atomic E-state index is -4.37. The highest BCUT2D eigenvalue weighted by atomic mass is 28.3. The minimum Gasteiger partial charge on any atom is -0.478 e. The molecule has 0 unspecified atom stereocenters. The molecule has 0 atom stereocenters. The predicted octanol–water partition coefficient (Wildman–Crippen LogP) is 4.70. The predicted molar refractivity (Wildman–Crippen MR) is 102 cm³/mol. The van der Waals surface area contributed by atoms with E-state index in [-0.39, 0.29) is 12.3 Å². The highest BCUT2D eigenvalue weighted by molar-refractivity contribution is 6.76. The third kappa shape index (κ3) is 6.49. The number of nitrogens with zero attached hydrogens (tertiary/aromatic N) is 2. The number of aryl methyl sites for hydroxylation is 1. The highest BCUT2D eigenvalue weighted by Gasteiger charge is 2.30. The zero-order valence-corrected chi connectivity index (χ0v) is 17.2. The average Bonchev–Trinajstić information content (AvgIpc) is 2.99. The summed E-state index contributed by atoms with van der Waals surface area (Å²) in [5, 5.41) is 13.5. The van der Waals surface area contributed by atoms with Crippen molar-refractivity contribution < 1.29 is 27.8 Å². The summed E-state index contributed by atoms with van der Waals surface area (Å²) in [6.45, 7) is 7.45. The molecular formula is C19H25F3N2O3Si. The largest absolute Gasteiger partial charge is 0.478 e. The zero-order valence-electron chi connectivity index (χ0n) is 16.2. The first kappa shape index (κ1) is 22.2. The normalized spacial score (nSPS) is 12.4. The molecule has 0 aliphatic carbocycles. The van der Waals surface area contributed by atoms with Crippen molar-refractivity contribution in [3.8, 4) is 0 Å². The molecule has 28 heavy (non-hydrogen) atoms. The second-order valence-corrected chi connectivity index (χ2v) is 13.5. The van der Waals surface area contributed by atoms with Gasteiger partial charge in [0.2, 0.25) is 0 Å². The summed E-state index contributed by atoms with van der Waals surface area (Å²) in [7, 11) is -1.23. The molecule has 9 heteroatoms. The van der Waals surface area contributed by atoms with Crippen molar-refractivity contribution in [1.82, 2.24) is 9.78 Å². The van der Waals surface area contributed by atoms with E-state index in [1.807, 2.05) is 0 Å². The smallest absolute Gasteiger partial charge is 0.416 e. The Labute approximate surface area is 163 Å². The molecule has 1 aromatic carbocycles. The van der Waals surface area contributed by atoms with Crippen molar-refractivity contribution in [3.63, 3.8) is 0 Å². The van der Waals surface area contributed by atoms with E-state index in [4.69, 9.17) is 4.74 Å². The number of carboxylic acids is 1. The van der Waals surface area contributed by atoms with E-state index in [9.17, 15) is 23.1 Å². The summed E-state index contributed by atoms with van der Waals surface area (Å²) in [5.74, 6) is -1.09. The monoisotopic (exact) mass is 414 g/mol. The molecule has 0 amide bonds. The van der Waals surface area contributed by atoms with Crippen molar-refractivity contribution in [3.05, 3.63) is 52.8 Å². The number of carbonyl (C=O) groups is 1. The fourth-order valence-corrected chi connectivity index (χ4v) is 3.37. The lowest BCUT2D eigenvalue weighted by Crippen LogP contribution is -2.22. The van der Waals surface area contributed by atoms with Gasteiger partial charge in [0.25, 0.3) is 0 Å². The molecule has 0 fully saturated rings. The first-order valence-corrected chi connectivity index (χ1v) is 12.7. The van der Waals surface area contributed by atoms with Crippen LogP contribution in [-0.4, -0.2) is 35.5 Å². The Balaban J connectivity index is 2.04. The summed E-state index contributed by atoms with van der Waals surface area (Å²) >= 11 is 0. The molecule has 1 aromatic heterocycles. The van der Waals surface area contributed by atoms with Gasteiger partial charge in [-0.1, -0.05) is 31.8 Å². The van der Waals surface area contributed by atoms with Gasteiger partial charge in [0.05, 0.1) is 17.5 Å². The highest BCUT2D eigenvalue weighted by Crippen LogP contribution is 2.29. The Hall–Kier alpha value is -2.13. The summed E-state index contributed by atoms with van der Waals surface area (Å²) in [4.78, 5) is 11.4. The van der Waals surface area contributed by atoms with Crippen molar-refractivity contribution in [2.45, 2.75) is 51.4 Å². The lowest BCUT2D eigenvalue weighted by molar-refractivity contribution is -0.137. The number of aromatic carboxylic acids is 1. The van der Waals surface area contributed by atoms with Gasteiger partial charge in [-0.2, -0.15) is 18.3 Å². The molecule has 0 aliphatic rings. The number of alkyl halides is 3. The molecule has 0 radical (unpaired) electrons. The Bertz CT molecular complexity index is 796. The topological polar surface area (TPSA) is 64.4 Å². The molecule has 2 rings (SSSR count). The van der Waals surface area contributed by atoms with Gasteiger partial charge in [0.15, 0.2) is 0 Å². The van der Waals surface area contributed by atoms with Gasteiger partial charge in [-0.05, 0) is 36.6 Å². The number of halogens is 3. The first-order chi connectivity index (χ1) is 13.0. The van der Waals surface area contributed by atoms with Crippen molar-refractivity contribution >= 4 is 14.0 Å². The molecular weight excluding hydrogens is 389 g/mol. The summed E-state index contributed by atoms with van der Waals surface area (Å²) in [5.41, 5.74) is 0.571. The maximum atomic E-state index is 12.7. The van der Waals surface area contributed by atoms with E-state index in [0.717, 1.165) is 18.2 Å². The summed E-state index contributed by atoms with van der Waals surface area (Å²) in [6.07, 6.45) is -2.35. The van der Waals surface area contributed by atoms with Crippen LogP contribution in [0.15, 0.2) is 30.5 Å². The van der Waals surface area contributed by atoms with Crippen LogP contribution in [0.5, 0.6) is 0 Å². The fourth-order valence-electron chi connectivity index (χ4n) is 2.62. The van der Waals surface area contributed by atoms with Crippen molar-refractivity contribution in [1.29, 1.82) is 0 Å². The molecule has 1 N–H and O–H groups in total. The van der Waals surface area contributed by atoms with Gasteiger partial charge >= 0.3 is 12.1 Å². The number of hydrogen-bond donors (Lipinski definition) is 1. The molecule has 0 aliphatic heterocycles. The first-order valence-electron chi connectivity index (χ1n) is 8.99. The Kier molecular flexibility index (Phi) is 7.05. The SMILES string of the molecule is C[Si](C)(C)CCOCn1ncc(C(=O)O)c1CCc1ccc(C(F)(F)F)cc1. The van der Waals surface area contributed by atoms with Gasteiger partial charge < -0.3 is 9.84 Å². The van der Waals surface area contributed by atoms with E-state index in [2.05, 4.69) is 24.7 Å². The lowest BCUT2D eigenvalue weighted by Gasteiger charge is -2.16. The van der Waals surface area contributed by atoms with Crippen LogP contribution in [0.3, 0.4) is 0 Å². The third-order valence-electron chi connectivity index (χ3n) is 4.32. The maximum Gasteiger partial charge on any atom is 0.416 e. The van der Waals surface area contributed by atoms with Crippen LogP contribution in [0.4, 0.5) is 13.2 Å². The van der Waals surface area contributed by atoms with Crippen LogP contribution in [0.2, 0.25) is 25.7 Å². The zero-order chi connectivity index (χ0) is 20.9. The lowest BCUT2D eigenvalue weighted by atomic mass is 10.0. The van der Waals surface area contributed by atoms with Crippen molar-refractivity contribution in [2.75, 3.05) is 6.61 Å². The van der Waals surface area contributed by atoms with E-state index in [1.54, 1.807) is 0 Å². The molecule has 0 spiro atoms. The Morgan fingerprint density at radius 1 is 1.18 bits per heavy atom. The second kappa shape index (κ2) is 8.91. The molecule has 2 aromatic rings. The van der Waals surface area contributed by atoms with Gasteiger partial charge in [-0.3, -0.25) is 0 Å². The minimum absolute atomic E-state index is 0.0840. The van der Waals surface area contributed by atoms with E-state index < -0.39 is 25.8 Å². The Morgan fingerprint density at radius 3 is 2.36 bits per heavy atom. The third-order valence-corrected chi connectivity index (χ3v) is 6.02. The number of ether oxygens (including phenoxy) is 1. The quantitative estimate of drug-likeness (QED) is 0.477. The standard InChI is InChI=1S/C19H25F3N2O3Si/c1-28(2,3)11-10-27-13-24-17(16(12-23-24)18(25)26)9-6-14-4-7-15(8-5-14)19(20,21)22/h4-5,7-8,12H,6,9-11,13H2,1-3H3,(H,25,26). The number of aromatic nitrogens is 2. The van der Waals surface area contributed by atoms with Gasteiger partial charge in [-0.15, -0.1) is 0 Å². The molecule has 0 bridgehead atoms. The van der Waals surface area contributed by atoms with Crippen molar-refractivity contribution in [2.24, 2.45) is 0 Å². The molecule has 1 heterocycles. The fraction of sp³-hybridized carbons (Fsp3) is 0.474. The van der Waals surface area contributed by atoms with Crippen LogP contribution in [0.25, 0.3) is 0 Å². The van der Waals surface area contributed by atoms with Crippen LogP contribution in [-0.2, 0) is 30.5 Å². The Morgan fingerprint density at radius 2 is 1.82 bits per heavy atom. The molecule has 0 saturated carbocycles. The van der Waals surface area contributed by atoms with Crippen LogP contribution in [0.1, 0.15) is 27.2 Å². The molecule has 0 saturated heterocycles. The number of benzene rings is 1. The summed E-state index contributed by atoms with van der Waals surface area (Å²) in [6, 6.07) is 5.87. The number of hydrogen-bond acceptors (Lipinski definition) is 3. The maximum absolute atomic E-state index is 12.7. The van der Waals surface area contributed by atoms with Crippen LogP contribution in [0, 0.1) is 0 Å². The van der Waals surface area contributed by atoms with Crippen LogP contribution >= 0.6 is 0 Å². The van der Waals surface area contributed by atoms with E-state index in [1.165, 1.54) is 23.0 Å². The van der Waals surface area contributed by atoms with Gasteiger partial charge in [0, 0.05) is 14.7 Å². The number of rotatable bonds is 9. The summed E-state index contributed by atoms with van der Waals surface area (Å²) < 4.78 is 45.1. The second-order valence-electron chi connectivity index (χ2n) is 7.85. The molecule has 154 valence electrons. The van der Waals surface area contributed by atoms with Gasteiger partial charge in [-0.25, -0.2) is 9.48 Å². The average molecular weight is 415 g/mol. The number of carboxylic acid groups (broad SMARTS) is 1. The van der Waals surface area contributed by atoms with E-state index >= 15 is 0 Å². The van der Waals surface area contributed by atoms with E-state index in [0.29, 0.717) is 30.7 Å². The molecule has 5 nitrogen and oxygen atoms in total.